The van der Waals surface area contributed by atoms with Gasteiger partial charge in [-0.1, -0.05) is 0 Å². The number of sulfone groups is 1. The highest BCUT2D eigenvalue weighted by atomic mass is 32.2. The molecule has 0 bridgehead atoms. The van der Waals surface area contributed by atoms with Crippen LogP contribution in [0.5, 0.6) is 0 Å². The number of anilines is 1. The summed E-state index contributed by atoms with van der Waals surface area (Å²) in [5.41, 5.74) is 0.161. The molecule has 19 heavy (non-hydrogen) atoms. The van der Waals surface area contributed by atoms with Gasteiger partial charge in [0.2, 0.25) is 0 Å². The lowest BCUT2D eigenvalue weighted by atomic mass is 10.4. The van der Waals surface area contributed by atoms with E-state index in [1.807, 2.05) is 0 Å². The van der Waals surface area contributed by atoms with Crippen LogP contribution in [0.1, 0.15) is 0 Å². The number of rotatable bonds is 4. The SMILES string of the molecule is CS(=O)(=O)c1ccc(NS(=O)(=O)c2cn[nH]c2)cn1. The Morgan fingerprint density at radius 1 is 1.16 bits per heavy atom. The van der Waals surface area contributed by atoms with Gasteiger partial charge in [-0.3, -0.25) is 9.82 Å². The van der Waals surface area contributed by atoms with Gasteiger partial charge in [-0.2, -0.15) is 5.10 Å². The predicted octanol–water partition coefficient (Wildman–Crippen LogP) is 0.00900. The summed E-state index contributed by atoms with van der Waals surface area (Å²) in [6.45, 7) is 0. The maximum atomic E-state index is 11.8. The van der Waals surface area contributed by atoms with Crippen molar-refractivity contribution in [1.29, 1.82) is 0 Å². The second kappa shape index (κ2) is 4.63. The third kappa shape index (κ3) is 3.09. The molecule has 0 fully saturated rings. The molecule has 0 aliphatic heterocycles. The van der Waals surface area contributed by atoms with E-state index in [1.54, 1.807) is 0 Å². The Kier molecular flexibility index (Phi) is 3.28. The first-order valence-electron chi connectivity index (χ1n) is 4.97. The molecule has 2 heterocycles. The first-order valence-corrected chi connectivity index (χ1v) is 8.34. The van der Waals surface area contributed by atoms with Crippen LogP contribution in [0.25, 0.3) is 0 Å². The van der Waals surface area contributed by atoms with Crippen LogP contribution in [0.2, 0.25) is 0 Å². The Morgan fingerprint density at radius 2 is 1.89 bits per heavy atom. The van der Waals surface area contributed by atoms with Crippen LogP contribution in [0.4, 0.5) is 5.69 Å². The molecule has 8 nitrogen and oxygen atoms in total. The van der Waals surface area contributed by atoms with Crippen LogP contribution in [-0.2, 0) is 19.9 Å². The van der Waals surface area contributed by atoms with E-state index in [4.69, 9.17) is 0 Å². The fourth-order valence-corrected chi connectivity index (χ4v) is 2.77. The van der Waals surface area contributed by atoms with E-state index in [2.05, 4.69) is 19.9 Å². The first kappa shape index (κ1) is 13.5. The van der Waals surface area contributed by atoms with Gasteiger partial charge in [0.15, 0.2) is 14.9 Å². The molecule has 0 unspecified atom stereocenters. The molecule has 0 aliphatic rings. The van der Waals surface area contributed by atoms with Gasteiger partial charge < -0.3 is 0 Å². The van der Waals surface area contributed by atoms with Gasteiger partial charge in [-0.05, 0) is 12.1 Å². The zero-order chi connectivity index (χ0) is 14.1. The lowest BCUT2D eigenvalue weighted by Crippen LogP contribution is -2.12. The largest absolute Gasteiger partial charge is 0.284 e. The van der Waals surface area contributed by atoms with Crippen LogP contribution in [0.15, 0.2) is 40.6 Å². The van der Waals surface area contributed by atoms with E-state index in [0.29, 0.717) is 0 Å². The van der Waals surface area contributed by atoms with Gasteiger partial charge in [0.05, 0.1) is 18.1 Å². The number of H-pyrrole nitrogens is 1. The van der Waals surface area contributed by atoms with Crippen molar-refractivity contribution in [2.45, 2.75) is 9.92 Å². The van der Waals surface area contributed by atoms with Crippen LogP contribution < -0.4 is 4.72 Å². The van der Waals surface area contributed by atoms with Crippen molar-refractivity contribution in [3.63, 3.8) is 0 Å². The summed E-state index contributed by atoms with van der Waals surface area (Å²) in [4.78, 5) is 3.65. The maximum Gasteiger partial charge on any atom is 0.265 e. The molecule has 0 saturated carbocycles. The Balaban J connectivity index is 2.26. The summed E-state index contributed by atoms with van der Waals surface area (Å²) in [6.07, 6.45) is 4.53. The molecule has 0 spiro atoms. The second-order valence-electron chi connectivity index (χ2n) is 3.70. The van der Waals surface area contributed by atoms with Gasteiger partial charge in [0.1, 0.15) is 4.90 Å². The quantitative estimate of drug-likeness (QED) is 0.820. The van der Waals surface area contributed by atoms with E-state index < -0.39 is 19.9 Å². The molecular weight excluding hydrogens is 292 g/mol. The van der Waals surface area contributed by atoms with Crippen LogP contribution in [-0.4, -0.2) is 38.3 Å². The van der Waals surface area contributed by atoms with Gasteiger partial charge >= 0.3 is 0 Å². The molecule has 0 aliphatic carbocycles. The van der Waals surface area contributed by atoms with Crippen molar-refractivity contribution in [3.05, 3.63) is 30.7 Å². The highest BCUT2D eigenvalue weighted by Crippen LogP contribution is 2.15. The number of hydrogen-bond acceptors (Lipinski definition) is 6. The molecular formula is C9H10N4O4S2. The minimum Gasteiger partial charge on any atom is -0.284 e. The third-order valence-electron chi connectivity index (χ3n) is 2.15. The Bertz CT molecular complexity index is 764. The summed E-state index contributed by atoms with van der Waals surface area (Å²) in [5.74, 6) is 0. The van der Waals surface area contributed by atoms with Crippen molar-refractivity contribution in [2.24, 2.45) is 0 Å². The normalized spacial score (nSPS) is 12.3. The first-order chi connectivity index (χ1) is 8.79. The number of sulfonamides is 1. The van der Waals surface area contributed by atoms with E-state index in [-0.39, 0.29) is 15.6 Å². The van der Waals surface area contributed by atoms with E-state index in [9.17, 15) is 16.8 Å². The van der Waals surface area contributed by atoms with Crippen molar-refractivity contribution in [3.8, 4) is 0 Å². The van der Waals surface area contributed by atoms with Crippen LogP contribution in [0.3, 0.4) is 0 Å². The third-order valence-corrected chi connectivity index (χ3v) is 4.50. The topological polar surface area (TPSA) is 122 Å². The molecule has 0 atom stereocenters. The van der Waals surface area contributed by atoms with Crippen LogP contribution in [0, 0.1) is 0 Å². The molecule has 2 aromatic heterocycles. The van der Waals surface area contributed by atoms with Crippen molar-refractivity contribution in [1.82, 2.24) is 15.2 Å². The van der Waals surface area contributed by atoms with E-state index in [0.717, 1.165) is 18.6 Å². The van der Waals surface area contributed by atoms with Crippen molar-refractivity contribution >= 4 is 25.5 Å². The maximum absolute atomic E-state index is 11.8. The predicted molar refractivity (Wildman–Crippen MR) is 66.7 cm³/mol. The second-order valence-corrected chi connectivity index (χ2v) is 7.34. The average molecular weight is 302 g/mol. The standard InChI is InChI=1S/C9H10N4O4S2/c1-18(14,15)9-3-2-7(4-10-9)13-19(16,17)8-5-11-12-6-8/h2-6,13H,1H3,(H,11,12). The van der Waals surface area contributed by atoms with Gasteiger partial charge in [-0.25, -0.2) is 21.8 Å². The Morgan fingerprint density at radius 3 is 2.37 bits per heavy atom. The lowest BCUT2D eigenvalue weighted by molar-refractivity contribution is 0.598. The number of aromatic amines is 1. The van der Waals surface area contributed by atoms with Crippen molar-refractivity contribution < 1.29 is 16.8 Å². The summed E-state index contributed by atoms with van der Waals surface area (Å²) < 4.78 is 48.3. The monoisotopic (exact) mass is 302 g/mol. The van der Waals surface area contributed by atoms with E-state index in [1.165, 1.54) is 18.3 Å². The molecule has 2 N–H and O–H groups in total. The number of pyridine rings is 1. The zero-order valence-electron chi connectivity index (χ0n) is 9.73. The highest BCUT2D eigenvalue weighted by molar-refractivity contribution is 7.92. The number of nitrogens with one attached hydrogen (secondary N) is 2. The minimum atomic E-state index is -3.75. The average Bonchev–Trinajstić information content (AvgIpc) is 2.82. The molecule has 0 radical (unpaired) electrons. The molecule has 2 aromatic rings. The molecule has 102 valence electrons. The molecule has 0 amide bonds. The van der Waals surface area contributed by atoms with Crippen molar-refractivity contribution in [2.75, 3.05) is 11.0 Å². The Hall–Kier alpha value is -1.94. The van der Waals surface area contributed by atoms with Gasteiger partial charge in [0.25, 0.3) is 10.0 Å². The van der Waals surface area contributed by atoms with Crippen LogP contribution >= 0.6 is 0 Å². The summed E-state index contributed by atoms with van der Waals surface area (Å²) in [7, 11) is -7.16. The number of hydrogen-bond donors (Lipinski definition) is 2. The number of nitrogens with zero attached hydrogens (tertiary/aromatic N) is 2. The molecule has 0 aromatic carbocycles. The fourth-order valence-electron chi connectivity index (χ4n) is 1.26. The highest BCUT2D eigenvalue weighted by Gasteiger charge is 2.16. The smallest absolute Gasteiger partial charge is 0.265 e. The summed E-state index contributed by atoms with van der Waals surface area (Å²) in [6, 6.07) is 2.55. The molecule has 2 rings (SSSR count). The minimum absolute atomic E-state index is 0.0281. The fraction of sp³-hybridized carbons (Fsp3) is 0.111. The van der Waals surface area contributed by atoms with E-state index >= 15 is 0 Å². The lowest BCUT2D eigenvalue weighted by Gasteiger charge is -2.05. The summed E-state index contributed by atoms with van der Waals surface area (Å²) in [5, 5.41) is 5.80. The zero-order valence-corrected chi connectivity index (χ0v) is 11.4. The summed E-state index contributed by atoms with van der Waals surface area (Å²) >= 11 is 0. The molecule has 10 heteroatoms. The van der Waals surface area contributed by atoms with Gasteiger partial charge in [-0.15, -0.1) is 0 Å². The molecule has 0 saturated heterocycles. The Labute approximate surface area is 109 Å². The van der Waals surface area contributed by atoms with Gasteiger partial charge in [0, 0.05) is 12.5 Å². The number of aromatic nitrogens is 3.